The third-order valence-electron chi connectivity index (χ3n) is 4.59. The Morgan fingerprint density at radius 1 is 1.14 bits per heavy atom. The lowest BCUT2D eigenvalue weighted by Gasteiger charge is -2.31. The van der Waals surface area contributed by atoms with Gasteiger partial charge in [-0.15, -0.1) is 0 Å². The van der Waals surface area contributed by atoms with E-state index in [1.807, 2.05) is 30.3 Å². The maximum Gasteiger partial charge on any atom is 0.255 e. The third-order valence-corrected chi connectivity index (χ3v) is 4.89. The van der Waals surface area contributed by atoms with Crippen molar-refractivity contribution in [2.45, 2.75) is 6.54 Å². The largest absolute Gasteiger partial charge is 0.378 e. The van der Waals surface area contributed by atoms with Gasteiger partial charge in [0.05, 0.1) is 36.2 Å². The number of halogens is 1. The summed E-state index contributed by atoms with van der Waals surface area (Å²) in [5, 5.41) is 7.70. The average molecular weight is 398 g/mol. The first kappa shape index (κ1) is 18.5. The van der Waals surface area contributed by atoms with Gasteiger partial charge in [-0.2, -0.15) is 5.10 Å². The van der Waals surface area contributed by atoms with Gasteiger partial charge in [0.1, 0.15) is 12.7 Å². The first-order valence-electron chi connectivity index (χ1n) is 9.04. The molecule has 2 heterocycles. The number of nitrogens with one attached hydrogen (secondary N) is 1. The van der Waals surface area contributed by atoms with E-state index < -0.39 is 0 Å². The number of hydrogen-bond acceptors (Lipinski definition) is 5. The van der Waals surface area contributed by atoms with Crippen LogP contribution in [0, 0.1) is 0 Å². The van der Waals surface area contributed by atoms with Gasteiger partial charge < -0.3 is 15.0 Å². The van der Waals surface area contributed by atoms with Gasteiger partial charge >= 0.3 is 0 Å². The lowest BCUT2D eigenvalue weighted by Crippen LogP contribution is -2.37. The molecule has 8 heteroatoms. The number of nitrogens with zero attached hydrogens (tertiary/aromatic N) is 4. The molecule has 0 saturated carbocycles. The SMILES string of the molecule is O=C(Nc1cccc(Cl)c1N1CCOCC1)c1ccc(Cn2cncn2)cc1. The number of morpholine rings is 1. The van der Waals surface area contributed by atoms with E-state index in [0.717, 1.165) is 24.3 Å². The van der Waals surface area contributed by atoms with Gasteiger partial charge in [-0.1, -0.05) is 29.8 Å². The standard InChI is InChI=1S/C20H20ClN5O2/c21-17-2-1-3-18(19(17)25-8-10-28-11-9-25)24-20(27)16-6-4-15(5-7-16)12-26-14-22-13-23-26/h1-7,13-14H,8-12H2,(H,24,27). The molecule has 1 aliphatic heterocycles. The van der Waals surface area contributed by atoms with Crippen LogP contribution in [0.15, 0.2) is 55.1 Å². The number of anilines is 2. The number of ether oxygens (including phenoxy) is 1. The Kier molecular flexibility index (Phi) is 5.55. The quantitative estimate of drug-likeness (QED) is 0.716. The van der Waals surface area contributed by atoms with Crippen LogP contribution in [0.2, 0.25) is 5.02 Å². The number of para-hydroxylation sites is 1. The van der Waals surface area contributed by atoms with Crippen LogP contribution in [0.1, 0.15) is 15.9 Å². The molecule has 3 aromatic rings. The molecule has 0 atom stereocenters. The zero-order chi connectivity index (χ0) is 19.3. The van der Waals surface area contributed by atoms with Crippen LogP contribution in [0.5, 0.6) is 0 Å². The van der Waals surface area contributed by atoms with E-state index in [2.05, 4.69) is 20.3 Å². The van der Waals surface area contributed by atoms with Crippen molar-refractivity contribution in [1.82, 2.24) is 14.8 Å². The summed E-state index contributed by atoms with van der Waals surface area (Å²) >= 11 is 6.43. The number of carbonyl (C=O) groups excluding carboxylic acids is 1. The minimum Gasteiger partial charge on any atom is -0.378 e. The predicted octanol–water partition coefficient (Wildman–Crippen LogP) is 3.07. The first-order valence-corrected chi connectivity index (χ1v) is 9.42. The van der Waals surface area contributed by atoms with E-state index in [9.17, 15) is 4.79 Å². The van der Waals surface area contributed by atoms with Crippen molar-refractivity contribution in [3.63, 3.8) is 0 Å². The molecule has 1 aliphatic rings. The zero-order valence-corrected chi connectivity index (χ0v) is 16.0. The van der Waals surface area contributed by atoms with Crippen molar-refractivity contribution >= 4 is 28.9 Å². The number of amides is 1. The lowest BCUT2D eigenvalue weighted by molar-refractivity contribution is 0.102. The Balaban J connectivity index is 1.50. The van der Waals surface area contributed by atoms with Gasteiger partial charge in [-0.3, -0.25) is 4.79 Å². The summed E-state index contributed by atoms with van der Waals surface area (Å²) in [6, 6.07) is 13.0. The van der Waals surface area contributed by atoms with Gasteiger partial charge in [0.25, 0.3) is 5.91 Å². The third kappa shape index (κ3) is 4.16. The van der Waals surface area contributed by atoms with Crippen LogP contribution in [-0.2, 0) is 11.3 Å². The summed E-state index contributed by atoms with van der Waals surface area (Å²) in [7, 11) is 0. The van der Waals surface area contributed by atoms with Gasteiger partial charge in [-0.25, -0.2) is 9.67 Å². The molecule has 0 spiro atoms. The second-order valence-electron chi connectivity index (χ2n) is 6.48. The fourth-order valence-corrected chi connectivity index (χ4v) is 3.48. The molecule has 1 fully saturated rings. The average Bonchev–Trinajstić information content (AvgIpc) is 3.22. The normalized spacial score (nSPS) is 14.1. The Bertz CT molecular complexity index is 938. The van der Waals surface area contributed by atoms with Crippen LogP contribution in [0.3, 0.4) is 0 Å². The van der Waals surface area contributed by atoms with Crippen molar-refractivity contribution < 1.29 is 9.53 Å². The van der Waals surface area contributed by atoms with E-state index in [1.165, 1.54) is 6.33 Å². The van der Waals surface area contributed by atoms with Crippen LogP contribution in [-0.4, -0.2) is 47.0 Å². The molecule has 2 aromatic carbocycles. The van der Waals surface area contributed by atoms with Crippen molar-refractivity contribution in [3.8, 4) is 0 Å². The Hall–Kier alpha value is -2.90. The predicted molar refractivity (Wildman–Crippen MR) is 108 cm³/mol. The van der Waals surface area contributed by atoms with Crippen LogP contribution < -0.4 is 10.2 Å². The maximum atomic E-state index is 12.8. The summed E-state index contributed by atoms with van der Waals surface area (Å²) in [4.78, 5) is 18.8. The Morgan fingerprint density at radius 3 is 2.64 bits per heavy atom. The Labute approximate surface area is 167 Å². The number of aromatic nitrogens is 3. The number of carbonyl (C=O) groups is 1. The highest BCUT2D eigenvalue weighted by atomic mass is 35.5. The Morgan fingerprint density at radius 2 is 1.93 bits per heavy atom. The molecule has 1 amide bonds. The molecule has 7 nitrogen and oxygen atoms in total. The summed E-state index contributed by atoms with van der Waals surface area (Å²) in [6.07, 6.45) is 3.16. The molecule has 4 rings (SSSR count). The summed E-state index contributed by atoms with van der Waals surface area (Å²) < 4.78 is 7.15. The van der Waals surface area contributed by atoms with Crippen molar-refractivity contribution in [2.75, 3.05) is 36.5 Å². The van der Waals surface area contributed by atoms with Gasteiger partial charge in [0.15, 0.2) is 0 Å². The first-order chi connectivity index (χ1) is 13.7. The van der Waals surface area contributed by atoms with E-state index in [-0.39, 0.29) is 5.91 Å². The highest BCUT2D eigenvalue weighted by Crippen LogP contribution is 2.34. The molecule has 0 bridgehead atoms. The van der Waals surface area contributed by atoms with E-state index in [4.69, 9.17) is 16.3 Å². The number of benzene rings is 2. The molecule has 0 aliphatic carbocycles. The van der Waals surface area contributed by atoms with Crippen molar-refractivity contribution in [3.05, 3.63) is 71.3 Å². The number of rotatable bonds is 5. The molecule has 1 saturated heterocycles. The highest BCUT2D eigenvalue weighted by Gasteiger charge is 2.19. The molecular weight excluding hydrogens is 378 g/mol. The van der Waals surface area contributed by atoms with E-state index in [0.29, 0.717) is 36.0 Å². The lowest BCUT2D eigenvalue weighted by atomic mass is 10.1. The summed E-state index contributed by atoms with van der Waals surface area (Å²) in [5.41, 5.74) is 3.16. The second-order valence-corrected chi connectivity index (χ2v) is 6.89. The van der Waals surface area contributed by atoms with E-state index in [1.54, 1.807) is 23.1 Å². The maximum absolute atomic E-state index is 12.8. The number of hydrogen-bond donors (Lipinski definition) is 1. The van der Waals surface area contributed by atoms with E-state index >= 15 is 0 Å². The van der Waals surface area contributed by atoms with Crippen molar-refractivity contribution in [1.29, 1.82) is 0 Å². The molecule has 0 radical (unpaired) electrons. The van der Waals surface area contributed by atoms with Gasteiger partial charge in [0.2, 0.25) is 0 Å². The molecule has 0 unspecified atom stereocenters. The second kappa shape index (κ2) is 8.41. The monoisotopic (exact) mass is 397 g/mol. The van der Waals surface area contributed by atoms with Gasteiger partial charge in [-0.05, 0) is 29.8 Å². The fraction of sp³-hybridized carbons (Fsp3) is 0.250. The van der Waals surface area contributed by atoms with Crippen LogP contribution in [0.4, 0.5) is 11.4 Å². The minimum absolute atomic E-state index is 0.177. The smallest absolute Gasteiger partial charge is 0.255 e. The summed E-state index contributed by atoms with van der Waals surface area (Å²) in [5.74, 6) is -0.177. The topological polar surface area (TPSA) is 72.3 Å². The van der Waals surface area contributed by atoms with Crippen molar-refractivity contribution in [2.24, 2.45) is 0 Å². The highest BCUT2D eigenvalue weighted by molar-refractivity contribution is 6.34. The van der Waals surface area contributed by atoms with Crippen LogP contribution >= 0.6 is 11.6 Å². The molecule has 144 valence electrons. The van der Waals surface area contributed by atoms with Crippen LogP contribution in [0.25, 0.3) is 0 Å². The fourth-order valence-electron chi connectivity index (χ4n) is 3.18. The molecule has 1 aromatic heterocycles. The van der Waals surface area contributed by atoms with Gasteiger partial charge in [0, 0.05) is 18.7 Å². The minimum atomic E-state index is -0.177. The molecule has 1 N–H and O–H groups in total. The summed E-state index contributed by atoms with van der Waals surface area (Å²) in [6.45, 7) is 3.38. The molecule has 28 heavy (non-hydrogen) atoms. The zero-order valence-electron chi connectivity index (χ0n) is 15.2. The molecular formula is C20H20ClN5O2.